The molecule has 0 saturated heterocycles. The van der Waals surface area contributed by atoms with Crippen LogP contribution in [0.2, 0.25) is 0 Å². The molecule has 0 bridgehead atoms. The predicted octanol–water partition coefficient (Wildman–Crippen LogP) is 0.987. The maximum atomic E-state index is 9.28. The number of hydrogen-bond donors (Lipinski definition) is 2. The minimum atomic E-state index is 0.105. The van der Waals surface area contributed by atoms with E-state index in [2.05, 4.69) is 23.3 Å². The van der Waals surface area contributed by atoms with E-state index >= 15 is 0 Å². The summed E-state index contributed by atoms with van der Waals surface area (Å²) in [6.45, 7) is 3.89. The summed E-state index contributed by atoms with van der Waals surface area (Å²) in [5, 5.41) is 11.4. The van der Waals surface area contributed by atoms with Crippen LogP contribution in [0.3, 0.4) is 0 Å². The Morgan fingerprint density at radius 3 is 3.20 bits per heavy atom. The first-order valence-corrected chi connectivity index (χ1v) is 6.28. The molecule has 2 heterocycles. The summed E-state index contributed by atoms with van der Waals surface area (Å²) in [5.74, 6) is 0. The molecule has 3 N–H and O–H groups in total. The van der Waals surface area contributed by atoms with Gasteiger partial charge in [0.2, 0.25) is 0 Å². The molecular weight excluding hydrogens is 208 g/mol. The Kier molecular flexibility index (Phi) is 3.41. The number of thiophene rings is 1. The molecule has 1 aromatic heterocycles. The second-order valence-corrected chi connectivity index (χ2v) is 5.04. The minimum absolute atomic E-state index is 0.105. The Labute approximate surface area is 94.5 Å². The largest absolute Gasteiger partial charge is 0.395 e. The monoisotopic (exact) mass is 226 g/mol. The SMILES string of the molecule is CC1c2ccsc2CCN1C(CN)CO. The summed E-state index contributed by atoms with van der Waals surface area (Å²) >= 11 is 1.84. The molecule has 1 aromatic rings. The normalized spacial score (nSPS) is 23.8. The highest BCUT2D eigenvalue weighted by Gasteiger charge is 2.28. The van der Waals surface area contributed by atoms with Crippen LogP contribution in [0.4, 0.5) is 0 Å². The molecule has 0 radical (unpaired) electrons. The molecule has 3 nitrogen and oxygen atoms in total. The molecule has 0 fully saturated rings. The molecule has 1 aliphatic heterocycles. The van der Waals surface area contributed by atoms with Crippen molar-refractivity contribution in [3.8, 4) is 0 Å². The van der Waals surface area contributed by atoms with Crippen molar-refractivity contribution >= 4 is 11.3 Å². The van der Waals surface area contributed by atoms with Crippen molar-refractivity contribution < 1.29 is 5.11 Å². The molecule has 15 heavy (non-hydrogen) atoms. The fourth-order valence-corrected chi connectivity index (χ4v) is 3.31. The number of nitrogens with zero attached hydrogens (tertiary/aromatic N) is 1. The van der Waals surface area contributed by atoms with Gasteiger partial charge in [-0.05, 0) is 30.4 Å². The first-order valence-electron chi connectivity index (χ1n) is 5.41. The second kappa shape index (κ2) is 4.61. The Hall–Kier alpha value is -0.420. The van der Waals surface area contributed by atoms with Crippen molar-refractivity contribution in [3.05, 3.63) is 21.9 Å². The van der Waals surface area contributed by atoms with Gasteiger partial charge in [-0.3, -0.25) is 4.90 Å². The summed E-state index contributed by atoms with van der Waals surface area (Å²) in [6, 6.07) is 2.69. The van der Waals surface area contributed by atoms with Gasteiger partial charge in [0.1, 0.15) is 0 Å². The van der Waals surface area contributed by atoms with Crippen LogP contribution in [0.25, 0.3) is 0 Å². The standard InChI is InChI=1S/C11H18N2OS/c1-8-10-3-5-15-11(10)2-4-13(8)9(6-12)7-14/h3,5,8-9,14H,2,4,6-7,12H2,1H3. The summed E-state index contributed by atoms with van der Waals surface area (Å²) in [7, 11) is 0. The Bertz CT molecular complexity index is 322. The Morgan fingerprint density at radius 1 is 1.73 bits per heavy atom. The average molecular weight is 226 g/mol. The number of fused-ring (bicyclic) bond motifs is 1. The third-order valence-electron chi connectivity index (χ3n) is 3.28. The van der Waals surface area contributed by atoms with Gasteiger partial charge in [-0.25, -0.2) is 0 Å². The highest BCUT2D eigenvalue weighted by Crippen LogP contribution is 2.33. The van der Waals surface area contributed by atoms with Gasteiger partial charge < -0.3 is 10.8 Å². The van der Waals surface area contributed by atoms with Gasteiger partial charge in [0.15, 0.2) is 0 Å². The lowest BCUT2D eigenvalue weighted by Crippen LogP contribution is -2.47. The van der Waals surface area contributed by atoms with E-state index in [9.17, 15) is 5.11 Å². The van der Waals surface area contributed by atoms with Crippen molar-refractivity contribution in [1.29, 1.82) is 0 Å². The minimum Gasteiger partial charge on any atom is -0.395 e. The van der Waals surface area contributed by atoms with E-state index in [-0.39, 0.29) is 12.6 Å². The van der Waals surface area contributed by atoms with Gasteiger partial charge >= 0.3 is 0 Å². The van der Waals surface area contributed by atoms with Crippen LogP contribution in [0.1, 0.15) is 23.4 Å². The van der Waals surface area contributed by atoms with Crippen molar-refractivity contribution in [3.63, 3.8) is 0 Å². The molecule has 0 aromatic carbocycles. The van der Waals surface area contributed by atoms with E-state index in [0.29, 0.717) is 12.6 Å². The molecule has 4 heteroatoms. The topological polar surface area (TPSA) is 49.5 Å². The van der Waals surface area contributed by atoms with Crippen molar-refractivity contribution in [2.45, 2.75) is 25.4 Å². The Morgan fingerprint density at radius 2 is 2.53 bits per heavy atom. The van der Waals surface area contributed by atoms with Crippen LogP contribution in [0.5, 0.6) is 0 Å². The summed E-state index contributed by atoms with van der Waals surface area (Å²) in [5.41, 5.74) is 7.09. The lowest BCUT2D eigenvalue weighted by Gasteiger charge is -2.38. The molecule has 1 aliphatic rings. The van der Waals surface area contributed by atoms with Crippen LogP contribution in [-0.4, -0.2) is 35.7 Å². The van der Waals surface area contributed by atoms with E-state index in [1.165, 1.54) is 10.4 Å². The van der Waals surface area contributed by atoms with Crippen LogP contribution >= 0.6 is 11.3 Å². The van der Waals surface area contributed by atoms with Crippen LogP contribution in [0.15, 0.2) is 11.4 Å². The third-order valence-corrected chi connectivity index (χ3v) is 4.27. The quantitative estimate of drug-likeness (QED) is 0.808. The zero-order valence-corrected chi connectivity index (χ0v) is 9.83. The zero-order valence-electron chi connectivity index (χ0n) is 9.02. The number of nitrogens with two attached hydrogens (primary N) is 1. The molecular formula is C11H18N2OS. The number of aliphatic hydroxyl groups is 1. The fourth-order valence-electron chi connectivity index (χ4n) is 2.34. The van der Waals surface area contributed by atoms with Gasteiger partial charge in [0.25, 0.3) is 0 Å². The molecule has 2 rings (SSSR count). The zero-order chi connectivity index (χ0) is 10.8. The van der Waals surface area contributed by atoms with E-state index in [1.807, 2.05) is 11.3 Å². The van der Waals surface area contributed by atoms with Gasteiger partial charge in [0.05, 0.1) is 6.61 Å². The molecule has 84 valence electrons. The molecule has 2 unspecified atom stereocenters. The first-order chi connectivity index (χ1) is 7.27. The first kappa shape index (κ1) is 11.1. The fraction of sp³-hybridized carbons (Fsp3) is 0.636. The Balaban J connectivity index is 2.18. The summed E-state index contributed by atoms with van der Waals surface area (Å²) in [6.07, 6.45) is 1.09. The number of hydrogen-bond acceptors (Lipinski definition) is 4. The second-order valence-electron chi connectivity index (χ2n) is 4.04. The smallest absolute Gasteiger partial charge is 0.0599 e. The van der Waals surface area contributed by atoms with Gasteiger partial charge in [0, 0.05) is 30.1 Å². The van der Waals surface area contributed by atoms with Crippen LogP contribution in [0, 0.1) is 0 Å². The van der Waals surface area contributed by atoms with Crippen molar-refractivity contribution in [2.75, 3.05) is 19.7 Å². The van der Waals surface area contributed by atoms with Gasteiger partial charge in [-0.1, -0.05) is 0 Å². The van der Waals surface area contributed by atoms with E-state index in [4.69, 9.17) is 5.73 Å². The highest BCUT2D eigenvalue weighted by atomic mass is 32.1. The molecule has 2 atom stereocenters. The molecule has 0 aliphatic carbocycles. The maximum absolute atomic E-state index is 9.28. The molecule has 0 spiro atoms. The third kappa shape index (κ3) is 1.95. The summed E-state index contributed by atoms with van der Waals surface area (Å²) < 4.78 is 0. The van der Waals surface area contributed by atoms with E-state index in [1.54, 1.807) is 0 Å². The lowest BCUT2D eigenvalue weighted by molar-refractivity contribution is 0.0879. The lowest BCUT2D eigenvalue weighted by atomic mass is 9.99. The van der Waals surface area contributed by atoms with Crippen molar-refractivity contribution in [1.82, 2.24) is 4.90 Å². The van der Waals surface area contributed by atoms with Crippen LogP contribution in [-0.2, 0) is 6.42 Å². The molecule has 0 saturated carbocycles. The highest BCUT2D eigenvalue weighted by molar-refractivity contribution is 7.10. The number of aliphatic hydroxyl groups excluding tert-OH is 1. The van der Waals surface area contributed by atoms with Gasteiger partial charge in [-0.15, -0.1) is 11.3 Å². The maximum Gasteiger partial charge on any atom is 0.0599 e. The van der Waals surface area contributed by atoms with Crippen LogP contribution < -0.4 is 5.73 Å². The molecule has 0 amide bonds. The predicted molar refractivity (Wildman–Crippen MR) is 63.1 cm³/mol. The average Bonchev–Trinajstić information content (AvgIpc) is 2.71. The van der Waals surface area contributed by atoms with Crippen molar-refractivity contribution in [2.24, 2.45) is 5.73 Å². The number of rotatable bonds is 3. The summed E-state index contributed by atoms with van der Waals surface area (Å²) in [4.78, 5) is 3.81. The van der Waals surface area contributed by atoms with E-state index in [0.717, 1.165) is 13.0 Å². The van der Waals surface area contributed by atoms with E-state index < -0.39 is 0 Å². The van der Waals surface area contributed by atoms with Gasteiger partial charge in [-0.2, -0.15) is 0 Å².